The Bertz CT molecular complexity index is 1590. The maximum Gasteiger partial charge on any atom is 0.329 e. The Morgan fingerprint density at radius 3 is 2.30 bits per heavy atom. The Hall–Kier alpha value is -3.74. The topological polar surface area (TPSA) is 164 Å². The van der Waals surface area contributed by atoms with Crippen LogP contribution in [0.15, 0.2) is 65.7 Å². The number of rotatable bonds is 13. The van der Waals surface area contributed by atoms with E-state index >= 15 is 0 Å². The molecule has 2 aromatic carbocycles. The quantitative estimate of drug-likeness (QED) is 0.161. The van der Waals surface area contributed by atoms with E-state index in [1.54, 1.807) is 51.1 Å². The molecule has 3 aromatic rings. The lowest BCUT2D eigenvalue weighted by Crippen LogP contribution is -2.55. The summed E-state index contributed by atoms with van der Waals surface area (Å²) < 4.78 is 33.3. The van der Waals surface area contributed by atoms with Gasteiger partial charge in [0.15, 0.2) is 0 Å². The molecule has 11 nitrogen and oxygen atoms in total. The second kappa shape index (κ2) is 15.2. The number of carbonyl (C=O) groups is 3. The fraction of sp³-hybridized carbons (Fsp3) is 0.500. The Kier molecular flexibility index (Phi) is 11.6. The number of piperidine rings is 1. The second-order valence-corrected chi connectivity index (χ2v) is 14.9. The van der Waals surface area contributed by atoms with Crippen molar-refractivity contribution in [2.45, 2.75) is 88.3 Å². The fourth-order valence-electron chi connectivity index (χ4n) is 5.82. The van der Waals surface area contributed by atoms with Gasteiger partial charge in [0.25, 0.3) is 0 Å². The number of hydrogen-bond donors (Lipinski definition) is 4. The number of carbonyl (C=O) groups excluding carboxylic acids is 3. The average molecular weight is 654 g/mol. The largest absolute Gasteiger partial charge is 0.458 e. The van der Waals surface area contributed by atoms with Crippen molar-refractivity contribution in [3.05, 3.63) is 66.4 Å². The van der Waals surface area contributed by atoms with E-state index in [0.29, 0.717) is 38.6 Å². The molecule has 0 aliphatic carbocycles. The van der Waals surface area contributed by atoms with Crippen LogP contribution in [0.3, 0.4) is 0 Å². The lowest BCUT2D eigenvalue weighted by atomic mass is 9.90. The van der Waals surface area contributed by atoms with Crippen LogP contribution >= 0.6 is 0 Å². The van der Waals surface area contributed by atoms with Gasteiger partial charge >= 0.3 is 5.97 Å². The van der Waals surface area contributed by atoms with Gasteiger partial charge in [-0.3, -0.25) is 9.59 Å². The first-order chi connectivity index (χ1) is 21.8. The first-order valence-electron chi connectivity index (χ1n) is 16.0. The Balaban J connectivity index is 1.54. The normalized spacial score (nSPS) is 16.8. The van der Waals surface area contributed by atoms with E-state index in [9.17, 15) is 22.8 Å². The molecule has 0 saturated carbocycles. The standard InChI is InChI=1S/C34H47N5O6S/c1-23(27-22-36-28-15-9-8-14-26(27)28)30(32(41)37-29(16-10-11-19-35)33(42)45-34(2,3)4)38-31(40)24-17-20-39(21-18-24)46(43,44)25-12-6-5-7-13-25/h5-9,12-15,22-24,29-30,36H,10-11,16-21,35H2,1-4H3,(H,37,41)(H,38,40). The minimum Gasteiger partial charge on any atom is -0.458 e. The van der Waals surface area contributed by atoms with E-state index in [4.69, 9.17) is 10.5 Å². The van der Waals surface area contributed by atoms with Crippen molar-refractivity contribution in [3.8, 4) is 0 Å². The third-order valence-electron chi connectivity index (χ3n) is 8.35. The molecule has 2 amide bonds. The van der Waals surface area contributed by atoms with E-state index in [1.807, 2.05) is 37.4 Å². The zero-order chi connectivity index (χ0) is 33.5. The summed E-state index contributed by atoms with van der Waals surface area (Å²) in [4.78, 5) is 44.4. The summed E-state index contributed by atoms with van der Waals surface area (Å²) in [5.41, 5.74) is 6.67. The molecule has 0 bridgehead atoms. The Labute approximate surface area is 271 Å². The van der Waals surface area contributed by atoms with Gasteiger partial charge in [-0.2, -0.15) is 4.31 Å². The highest BCUT2D eigenvalue weighted by Gasteiger charge is 2.37. The molecule has 1 aliphatic heterocycles. The van der Waals surface area contributed by atoms with Crippen molar-refractivity contribution >= 4 is 38.7 Å². The number of aromatic nitrogens is 1. The summed E-state index contributed by atoms with van der Waals surface area (Å²) >= 11 is 0. The van der Waals surface area contributed by atoms with Crippen molar-refractivity contribution in [2.24, 2.45) is 11.7 Å². The smallest absolute Gasteiger partial charge is 0.329 e. The van der Waals surface area contributed by atoms with Gasteiger partial charge in [0, 0.05) is 42.0 Å². The van der Waals surface area contributed by atoms with Gasteiger partial charge in [0.1, 0.15) is 17.7 Å². The highest BCUT2D eigenvalue weighted by molar-refractivity contribution is 7.89. The molecule has 1 saturated heterocycles. The summed E-state index contributed by atoms with van der Waals surface area (Å²) in [5, 5.41) is 6.78. The lowest BCUT2D eigenvalue weighted by molar-refractivity contribution is -0.159. The number of ether oxygens (including phenoxy) is 1. The van der Waals surface area contributed by atoms with Crippen LogP contribution in [-0.2, 0) is 29.1 Å². The number of sulfonamides is 1. The minimum atomic E-state index is -3.67. The summed E-state index contributed by atoms with van der Waals surface area (Å²) in [6.45, 7) is 7.99. The van der Waals surface area contributed by atoms with Gasteiger partial charge in [-0.05, 0) is 83.2 Å². The molecule has 2 heterocycles. The molecule has 1 aliphatic rings. The molecular weight excluding hydrogens is 606 g/mol. The number of unbranched alkanes of at least 4 members (excludes halogenated alkanes) is 1. The van der Waals surface area contributed by atoms with Crippen LogP contribution in [0.4, 0.5) is 0 Å². The molecule has 46 heavy (non-hydrogen) atoms. The van der Waals surface area contributed by atoms with Crippen molar-refractivity contribution in [1.29, 1.82) is 0 Å². The molecule has 4 rings (SSSR count). The minimum absolute atomic E-state index is 0.187. The highest BCUT2D eigenvalue weighted by atomic mass is 32.2. The molecule has 1 fully saturated rings. The van der Waals surface area contributed by atoms with E-state index in [1.165, 1.54) is 4.31 Å². The molecule has 250 valence electrons. The number of benzene rings is 2. The summed E-state index contributed by atoms with van der Waals surface area (Å²) in [5.74, 6) is -2.34. The van der Waals surface area contributed by atoms with E-state index in [0.717, 1.165) is 16.5 Å². The van der Waals surface area contributed by atoms with Crippen molar-refractivity contribution in [1.82, 2.24) is 19.9 Å². The number of hydrogen-bond acceptors (Lipinski definition) is 7. The summed E-state index contributed by atoms with van der Waals surface area (Å²) in [7, 11) is -3.67. The van der Waals surface area contributed by atoms with E-state index in [-0.39, 0.29) is 23.9 Å². The molecule has 5 N–H and O–H groups in total. The maximum atomic E-state index is 14.0. The maximum absolute atomic E-state index is 14.0. The predicted octanol–water partition coefficient (Wildman–Crippen LogP) is 3.81. The number of esters is 1. The van der Waals surface area contributed by atoms with Gasteiger partial charge in [0.05, 0.1) is 4.90 Å². The van der Waals surface area contributed by atoms with Crippen molar-refractivity contribution < 1.29 is 27.5 Å². The van der Waals surface area contributed by atoms with Gasteiger partial charge in [-0.1, -0.05) is 43.3 Å². The number of H-pyrrole nitrogens is 1. The molecule has 0 spiro atoms. The van der Waals surface area contributed by atoms with Crippen molar-refractivity contribution in [3.63, 3.8) is 0 Å². The zero-order valence-electron chi connectivity index (χ0n) is 27.1. The van der Waals surface area contributed by atoms with Gasteiger partial charge in [-0.25, -0.2) is 13.2 Å². The molecule has 1 aromatic heterocycles. The summed E-state index contributed by atoms with van der Waals surface area (Å²) in [6, 6.07) is 14.0. The monoisotopic (exact) mass is 653 g/mol. The van der Waals surface area contributed by atoms with Crippen LogP contribution in [0.5, 0.6) is 0 Å². The van der Waals surface area contributed by atoms with Crippen LogP contribution in [0.1, 0.15) is 71.3 Å². The molecule has 12 heteroatoms. The van der Waals surface area contributed by atoms with Gasteiger partial charge in [0.2, 0.25) is 21.8 Å². The molecule has 3 unspecified atom stereocenters. The first kappa shape index (κ1) is 35.1. The number of nitrogens with two attached hydrogens (primary N) is 1. The third-order valence-corrected chi connectivity index (χ3v) is 10.3. The number of para-hydroxylation sites is 1. The first-order valence-corrected chi connectivity index (χ1v) is 17.4. The highest BCUT2D eigenvalue weighted by Crippen LogP contribution is 2.29. The van der Waals surface area contributed by atoms with E-state index in [2.05, 4.69) is 15.6 Å². The van der Waals surface area contributed by atoms with E-state index < -0.39 is 51.4 Å². The lowest BCUT2D eigenvalue weighted by Gasteiger charge is -2.33. The number of fused-ring (bicyclic) bond motifs is 1. The van der Waals surface area contributed by atoms with Crippen LogP contribution < -0.4 is 16.4 Å². The Morgan fingerprint density at radius 1 is 1.00 bits per heavy atom. The fourth-order valence-corrected chi connectivity index (χ4v) is 7.31. The summed E-state index contributed by atoms with van der Waals surface area (Å²) in [6.07, 6.45) is 4.09. The second-order valence-electron chi connectivity index (χ2n) is 12.9. The number of aromatic amines is 1. The number of amides is 2. The Morgan fingerprint density at radius 2 is 1.65 bits per heavy atom. The van der Waals surface area contributed by atoms with Crippen LogP contribution in [0.25, 0.3) is 10.9 Å². The molecule has 0 radical (unpaired) electrons. The third kappa shape index (κ3) is 8.74. The number of nitrogens with one attached hydrogen (secondary N) is 3. The predicted molar refractivity (Wildman–Crippen MR) is 177 cm³/mol. The van der Waals surface area contributed by atoms with Crippen LogP contribution in [0, 0.1) is 5.92 Å². The van der Waals surface area contributed by atoms with Crippen LogP contribution in [0.2, 0.25) is 0 Å². The number of nitrogens with zero attached hydrogens (tertiary/aromatic N) is 1. The van der Waals surface area contributed by atoms with Crippen LogP contribution in [-0.4, -0.2) is 72.8 Å². The SMILES string of the molecule is CC(c1c[nH]c2ccccc12)C(NC(=O)C1CCN(S(=O)(=O)c2ccccc2)CC1)C(=O)NC(CCCCN)C(=O)OC(C)(C)C. The zero-order valence-corrected chi connectivity index (χ0v) is 27.9. The van der Waals surface area contributed by atoms with Crippen molar-refractivity contribution in [2.75, 3.05) is 19.6 Å². The van der Waals surface area contributed by atoms with Gasteiger partial charge < -0.3 is 26.1 Å². The average Bonchev–Trinajstić information content (AvgIpc) is 3.46. The molecular formula is C34H47N5O6S. The van der Waals surface area contributed by atoms with Gasteiger partial charge in [-0.15, -0.1) is 0 Å². The molecule has 3 atom stereocenters.